The maximum absolute atomic E-state index is 13.0. The lowest BCUT2D eigenvalue weighted by atomic mass is 9.87. The highest BCUT2D eigenvalue weighted by Crippen LogP contribution is 2.21. The average molecular weight is 1590 g/mol. The number of rotatable bonds is 84. The topological polar surface area (TPSA) is 466 Å². The SMILES string of the molecule is CC(=O)[C@H](CCCCNC(=O)COCCOCCCC(=O)COCCOCCNC(=O)CC[C@H](CC(=O)CCCCCCCCCCCCC(=O)O)C(=O)O)CC(=O)[C@@H](C)CCCCNC(=O)COCCOCCNC(=O)COCCOCCNC(=O)CC[C@H](NC(=O)CCCCCCCCCCCCC(=O)O)C(=O)O. The zero-order valence-corrected chi connectivity index (χ0v) is 66.8. The molecule has 640 valence electrons. The highest BCUT2D eigenvalue weighted by Gasteiger charge is 2.25. The summed E-state index contributed by atoms with van der Waals surface area (Å²) in [5, 5.41) is 52.6. The van der Waals surface area contributed by atoms with Crippen molar-refractivity contribution in [1.29, 1.82) is 0 Å². The molecule has 0 saturated carbocycles. The van der Waals surface area contributed by atoms with Gasteiger partial charge in [0.2, 0.25) is 35.4 Å². The van der Waals surface area contributed by atoms with Crippen LogP contribution < -0.4 is 31.9 Å². The van der Waals surface area contributed by atoms with E-state index in [1.54, 1.807) is 0 Å². The second-order valence-electron chi connectivity index (χ2n) is 28.1. The fourth-order valence-corrected chi connectivity index (χ4v) is 11.5. The molecule has 4 atom stereocenters. The van der Waals surface area contributed by atoms with Crippen molar-refractivity contribution < 1.29 is 125 Å². The molecule has 0 aliphatic carbocycles. The highest BCUT2D eigenvalue weighted by atomic mass is 16.5. The Bertz CT molecular complexity index is 2560. The Balaban J connectivity index is 3.83. The molecule has 32 heteroatoms. The average Bonchev–Trinajstić information content (AvgIpc) is 0.928. The van der Waals surface area contributed by atoms with Gasteiger partial charge in [-0.1, -0.05) is 122 Å². The van der Waals surface area contributed by atoms with Crippen LogP contribution >= 0.6 is 0 Å². The van der Waals surface area contributed by atoms with Gasteiger partial charge in [-0.05, 0) is 77.6 Å². The first-order valence-electron chi connectivity index (χ1n) is 40.7. The smallest absolute Gasteiger partial charge is 0.326 e. The molecular formula is C79H138N6O26. The van der Waals surface area contributed by atoms with E-state index in [0.29, 0.717) is 90.3 Å². The van der Waals surface area contributed by atoms with Gasteiger partial charge < -0.3 is 90.2 Å². The molecule has 0 aromatic carbocycles. The lowest BCUT2D eigenvalue weighted by molar-refractivity contribution is -0.144. The first-order chi connectivity index (χ1) is 53.5. The van der Waals surface area contributed by atoms with Crippen LogP contribution in [0.2, 0.25) is 0 Å². The number of Topliss-reactive ketones (excluding diaryl/α,β-unsaturated/α-hetero) is 4. The predicted molar refractivity (Wildman–Crippen MR) is 411 cm³/mol. The molecule has 32 nitrogen and oxygen atoms in total. The highest BCUT2D eigenvalue weighted by molar-refractivity contribution is 5.88. The first kappa shape index (κ1) is 104. The van der Waals surface area contributed by atoms with Gasteiger partial charge in [-0.15, -0.1) is 0 Å². The quantitative estimate of drug-likeness (QED) is 0.0263. The maximum Gasteiger partial charge on any atom is 0.326 e. The van der Waals surface area contributed by atoms with Crippen LogP contribution in [0.15, 0.2) is 0 Å². The van der Waals surface area contributed by atoms with Crippen LogP contribution in [0.1, 0.15) is 258 Å². The van der Waals surface area contributed by atoms with E-state index in [0.717, 1.165) is 109 Å². The molecule has 0 fully saturated rings. The zero-order chi connectivity index (χ0) is 82.0. The number of nitrogens with one attached hydrogen (secondary N) is 6. The summed E-state index contributed by atoms with van der Waals surface area (Å²) in [5.74, 6) is -7.72. The fraction of sp³-hybridized carbons (Fsp3) is 0.823. The molecule has 0 aromatic heterocycles. The molecule has 0 bridgehead atoms. The van der Waals surface area contributed by atoms with E-state index in [2.05, 4.69) is 31.9 Å². The monoisotopic (exact) mass is 1590 g/mol. The van der Waals surface area contributed by atoms with Gasteiger partial charge in [0.05, 0.1) is 78.6 Å². The Morgan fingerprint density at radius 1 is 0.279 bits per heavy atom. The summed E-state index contributed by atoms with van der Waals surface area (Å²) >= 11 is 0. The Kier molecular flexibility index (Phi) is 69.8. The molecule has 111 heavy (non-hydrogen) atoms. The van der Waals surface area contributed by atoms with Crippen molar-refractivity contribution in [2.75, 3.05) is 138 Å². The van der Waals surface area contributed by atoms with Crippen molar-refractivity contribution in [3.8, 4) is 0 Å². The number of carbonyl (C=O) groups is 14. The number of carbonyl (C=O) groups excluding carboxylic acids is 10. The number of unbranched alkanes of at least 4 members (excludes halogenated alkanes) is 20. The molecular weight excluding hydrogens is 1450 g/mol. The summed E-state index contributed by atoms with van der Waals surface area (Å²) in [6.07, 6.45) is 24.5. The largest absolute Gasteiger partial charge is 0.481 e. The molecule has 0 heterocycles. The number of ketones is 4. The van der Waals surface area contributed by atoms with E-state index in [-0.39, 0.29) is 247 Å². The first-order valence-corrected chi connectivity index (χ1v) is 40.7. The second kappa shape index (κ2) is 74.5. The molecule has 0 aliphatic rings. The van der Waals surface area contributed by atoms with E-state index in [1.165, 1.54) is 6.92 Å². The Morgan fingerprint density at radius 2 is 0.640 bits per heavy atom. The maximum atomic E-state index is 13.0. The minimum atomic E-state index is -1.21. The molecule has 0 radical (unpaired) electrons. The third kappa shape index (κ3) is 71.8. The van der Waals surface area contributed by atoms with E-state index in [1.807, 2.05) is 6.92 Å². The lowest BCUT2D eigenvalue weighted by Gasteiger charge is -2.16. The van der Waals surface area contributed by atoms with Crippen molar-refractivity contribution >= 4 is 82.5 Å². The zero-order valence-electron chi connectivity index (χ0n) is 66.8. The number of ether oxygens (including phenoxy) is 8. The number of carboxylic acid groups (broad SMARTS) is 4. The summed E-state index contributed by atoms with van der Waals surface area (Å²) in [7, 11) is 0. The van der Waals surface area contributed by atoms with Gasteiger partial charge in [-0.2, -0.15) is 0 Å². The Morgan fingerprint density at radius 3 is 1.06 bits per heavy atom. The number of hydrogen-bond donors (Lipinski definition) is 10. The third-order valence-corrected chi connectivity index (χ3v) is 18.1. The Hall–Kier alpha value is -6.94. The van der Waals surface area contributed by atoms with E-state index in [9.17, 15) is 77.3 Å². The molecule has 0 aromatic rings. The van der Waals surface area contributed by atoms with Gasteiger partial charge >= 0.3 is 23.9 Å². The van der Waals surface area contributed by atoms with Gasteiger partial charge in [-0.3, -0.25) is 62.3 Å². The molecule has 0 saturated heterocycles. The number of aliphatic carboxylic acids is 4. The predicted octanol–water partition coefficient (Wildman–Crippen LogP) is 7.51. The minimum absolute atomic E-state index is 0.00641. The van der Waals surface area contributed by atoms with Crippen molar-refractivity contribution in [2.24, 2.45) is 17.8 Å². The second-order valence-corrected chi connectivity index (χ2v) is 28.1. The van der Waals surface area contributed by atoms with Crippen LogP contribution in [0.4, 0.5) is 0 Å². The molecule has 0 unspecified atom stereocenters. The van der Waals surface area contributed by atoms with E-state index in [4.69, 9.17) is 48.1 Å². The summed E-state index contributed by atoms with van der Waals surface area (Å²) in [4.78, 5) is 168. The summed E-state index contributed by atoms with van der Waals surface area (Å²) in [6, 6.07) is -1.18. The van der Waals surface area contributed by atoms with Gasteiger partial charge in [0.15, 0.2) is 5.78 Å². The summed E-state index contributed by atoms with van der Waals surface area (Å²) in [6.45, 7) is 6.45. The van der Waals surface area contributed by atoms with Gasteiger partial charge in [0, 0.05) is 109 Å². The third-order valence-electron chi connectivity index (χ3n) is 18.1. The van der Waals surface area contributed by atoms with Gasteiger partial charge in [-0.25, -0.2) is 4.79 Å². The van der Waals surface area contributed by atoms with E-state index >= 15 is 0 Å². The fourth-order valence-electron chi connectivity index (χ4n) is 11.5. The van der Waals surface area contributed by atoms with Crippen LogP contribution in [-0.2, 0) is 105 Å². The molecule has 0 aliphatic heterocycles. The van der Waals surface area contributed by atoms with Crippen LogP contribution in [0.3, 0.4) is 0 Å². The molecule has 6 amide bonds. The molecule has 0 spiro atoms. The van der Waals surface area contributed by atoms with Crippen molar-refractivity contribution in [2.45, 2.75) is 264 Å². The van der Waals surface area contributed by atoms with Crippen LogP contribution in [0, 0.1) is 17.8 Å². The van der Waals surface area contributed by atoms with Crippen molar-refractivity contribution in [1.82, 2.24) is 31.9 Å². The van der Waals surface area contributed by atoms with Crippen LogP contribution in [0.25, 0.3) is 0 Å². The van der Waals surface area contributed by atoms with Crippen LogP contribution in [-0.4, -0.2) is 247 Å². The summed E-state index contributed by atoms with van der Waals surface area (Å²) < 4.78 is 43.3. The van der Waals surface area contributed by atoms with Crippen LogP contribution in [0.5, 0.6) is 0 Å². The molecule has 10 N–H and O–H groups in total. The van der Waals surface area contributed by atoms with Gasteiger partial charge in [0.25, 0.3) is 0 Å². The van der Waals surface area contributed by atoms with Crippen molar-refractivity contribution in [3.63, 3.8) is 0 Å². The standard InChI is InChI=1S/C79H138N6O26/c1-62(28-23-25-39-80-73(93)60-110-54-51-107-47-43-84-75(95)61-111-55-50-106-46-42-83-71(91)38-36-68(79(102)103)85-72(92)32-20-16-12-8-4-6-10-14-18-22-34-77(98)99)69(89)57-64(63(2)86)29-24-26-40-81-74(94)59-109-53-48-104-44-27-31-67(88)58-108-52-49-105-45-41-82-70(90)37-35-65(78(100)101)56-66(87)30-19-15-11-7-3-5-9-13-17-21-33-76(96)97/h62,64-65,68H,3-61H2,1-2H3,(H,80,93)(H,81,94)(H,82,90)(H,83,91)(H,84,95)(H,85,92)(H,96,97)(H,98,99)(H,100,101)(H,102,103)/t62-,64+,65+,68-/m0/s1. The molecule has 0 rings (SSSR count). The van der Waals surface area contributed by atoms with Crippen molar-refractivity contribution in [3.05, 3.63) is 0 Å². The van der Waals surface area contributed by atoms with E-state index < -0.39 is 41.8 Å². The number of amides is 6. The number of hydrogen-bond acceptors (Lipinski definition) is 22. The summed E-state index contributed by atoms with van der Waals surface area (Å²) in [5.41, 5.74) is 0. The number of carboxylic acids is 4. The normalized spacial score (nSPS) is 12.3. The Labute approximate surface area is 657 Å². The minimum Gasteiger partial charge on any atom is -0.481 e. The van der Waals surface area contributed by atoms with Gasteiger partial charge in [0.1, 0.15) is 49.8 Å². The lowest BCUT2D eigenvalue weighted by Crippen LogP contribution is -2.41.